The van der Waals surface area contributed by atoms with E-state index in [1.165, 1.54) is 12.1 Å². The van der Waals surface area contributed by atoms with E-state index in [9.17, 15) is 13.2 Å². The molecule has 19 heavy (non-hydrogen) atoms. The van der Waals surface area contributed by atoms with Gasteiger partial charge in [-0.2, -0.15) is 0 Å². The molecule has 6 nitrogen and oxygen atoms in total. The van der Waals surface area contributed by atoms with Gasteiger partial charge in [0.15, 0.2) is 5.11 Å². The lowest BCUT2D eigenvalue weighted by Gasteiger charge is -2.09. The van der Waals surface area contributed by atoms with Crippen LogP contribution in [0.25, 0.3) is 0 Å². The molecule has 0 fully saturated rings. The normalized spacial score (nSPS) is 10.6. The van der Waals surface area contributed by atoms with Gasteiger partial charge < -0.3 is 10.6 Å². The third kappa shape index (κ3) is 4.84. The average molecular weight is 301 g/mol. The first-order chi connectivity index (χ1) is 8.85. The van der Waals surface area contributed by atoms with Gasteiger partial charge in [-0.3, -0.25) is 4.79 Å². The summed E-state index contributed by atoms with van der Waals surface area (Å²) in [4.78, 5) is 10.8. The van der Waals surface area contributed by atoms with Gasteiger partial charge in [-0.25, -0.2) is 13.1 Å². The Bertz CT molecular complexity index is 567. The van der Waals surface area contributed by atoms with Crippen LogP contribution in [0, 0.1) is 0 Å². The molecule has 1 aromatic rings. The van der Waals surface area contributed by atoms with Gasteiger partial charge in [-0.1, -0.05) is 0 Å². The summed E-state index contributed by atoms with van der Waals surface area (Å²) < 4.78 is 25.3. The predicted octanol–water partition coefficient (Wildman–Crippen LogP) is 0.818. The van der Waals surface area contributed by atoms with E-state index >= 15 is 0 Å². The van der Waals surface area contributed by atoms with Crippen LogP contribution in [-0.4, -0.2) is 26.0 Å². The van der Waals surface area contributed by atoms with Gasteiger partial charge in [0.05, 0.1) is 4.90 Å². The highest BCUT2D eigenvalue weighted by Crippen LogP contribution is 2.13. The van der Waals surface area contributed by atoms with Gasteiger partial charge in [0.1, 0.15) is 0 Å². The number of carbonyl (C=O) groups is 1. The van der Waals surface area contributed by atoms with Crippen LogP contribution >= 0.6 is 12.2 Å². The minimum absolute atomic E-state index is 0.0163. The lowest BCUT2D eigenvalue weighted by molar-refractivity contribution is -0.117. The number of hydrogen-bond donors (Lipinski definition) is 3. The molecule has 1 rings (SSSR count). The number of benzene rings is 1. The topological polar surface area (TPSA) is 87.3 Å². The maximum Gasteiger partial charge on any atom is 0.264 e. The largest absolute Gasteiger partial charge is 0.363 e. The molecule has 8 heteroatoms. The molecule has 104 valence electrons. The molecule has 1 aromatic carbocycles. The molecule has 0 heterocycles. The summed E-state index contributed by atoms with van der Waals surface area (Å²) in [6, 6.07) is 5.92. The third-order valence-electron chi connectivity index (χ3n) is 2.04. The van der Waals surface area contributed by atoms with E-state index in [4.69, 9.17) is 12.2 Å². The molecular weight excluding hydrogens is 286 g/mol. The standard InChI is InChI=1S/C11H15N3O3S2/c1-3-12-11(18)13-9-4-6-10(7-5-9)19(16,17)14-8(2)15/h4-7H,3H2,1-2H3,(H,14,15)(H2,12,13,18). The molecule has 0 saturated heterocycles. The zero-order chi connectivity index (χ0) is 14.5. The van der Waals surface area contributed by atoms with Gasteiger partial charge in [0.2, 0.25) is 5.91 Å². The Morgan fingerprint density at radius 3 is 2.32 bits per heavy atom. The summed E-state index contributed by atoms with van der Waals surface area (Å²) >= 11 is 5.00. The fraction of sp³-hybridized carbons (Fsp3) is 0.273. The number of amides is 1. The Morgan fingerprint density at radius 2 is 1.84 bits per heavy atom. The van der Waals surface area contributed by atoms with Gasteiger partial charge in [0, 0.05) is 19.2 Å². The van der Waals surface area contributed by atoms with Crippen molar-refractivity contribution in [3.8, 4) is 0 Å². The zero-order valence-electron chi connectivity index (χ0n) is 10.6. The van der Waals surface area contributed by atoms with E-state index in [0.717, 1.165) is 6.92 Å². The fourth-order valence-electron chi connectivity index (χ4n) is 1.30. The number of nitrogens with one attached hydrogen (secondary N) is 3. The van der Waals surface area contributed by atoms with Crippen LogP contribution in [0.15, 0.2) is 29.2 Å². The Morgan fingerprint density at radius 1 is 1.26 bits per heavy atom. The molecule has 3 N–H and O–H groups in total. The van der Waals surface area contributed by atoms with E-state index < -0.39 is 15.9 Å². The minimum atomic E-state index is -3.79. The van der Waals surface area contributed by atoms with Crippen molar-refractivity contribution in [3.63, 3.8) is 0 Å². The van der Waals surface area contributed by atoms with Crippen molar-refractivity contribution < 1.29 is 13.2 Å². The van der Waals surface area contributed by atoms with Crippen LogP contribution in [0.2, 0.25) is 0 Å². The second-order valence-electron chi connectivity index (χ2n) is 3.67. The second-order valence-corrected chi connectivity index (χ2v) is 5.76. The van der Waals surface area contributed by atoms with Gasteiger partial charge in [-0.05, 0) is 43.4 Å². The number of thiocarbonyl (C=S) groups is 1. The van der Waals surface area contributed by atoms with Gasteiger partial charge >= 0.3 is 0 Å². The van der Waals surface area contributed by atoms with E-state index in [2.05, 4.69) is 10.6 Å². The molecule has 1 amide bonds. The quantitative estimate of drug-likeness (QED) is 0.714. The van der Waals surface area contributed by atoms with Crippen LogP contribution in [0.1, 0.15) is 13.8 Å². The smallest absolute Gasteiger partial charge is 0.264 e. The fourth-order valence-corrected chi connectivity index (χ4v) is 2.55. The van der Waals surface area contributed by atoms with Crippen molar-refractivity contribution in [1.82, 2.24) is 10.0 Å². The maximum atomic E-state index is 11.7. The molecule has 0 aromatic heterocycles. The Balaban J connectivity index is 2.82. The van der Waals surface area contributed by atoms with Crippen molar-refractivity contribution in [2.45, 2.75) is 18.7 Å². The zero-order valence-corrected chi connectivity index (χ0v) is 12.2. The first-order valence-corrected chi connectivity index (χ1v) is 7.42. The molecule has 0 spiro atoms. The van der Waals surface area contributed by atoms with E-state index in [1.807, 2.05) is 11.6 Å². The van der Waals surface area contributed by atoms with Crippen molar-refractivity contribution >= 4 is 38.9 Å². The molecule has 0 atom stereocenters. The predicted molar refractivity (Wildman–Crippen MR) is 77.3 cm³/mol. The lowest BCUT2D eigenvalue weighted by Crippen LogP contribution is -2.28. The molecule has 0 unspecified atom stereocenters. The van der Waals surface area contributed by atoms with E-state index in [1.54, 1.807) is 12.1 Å². The highest BCUT2D eigenvalue weighted by atomic mass is 32.2. The average Bonchev–Trinajstić information content (AvgIpc) is 2.28. The molecular formula is C11H15N3O3S2. The maximum absolute atomic E-state index is 11.7. The van der Waals surface area contributed by atoms with Crippen LogP contribution in [0.5, 0.6) is 0 Å². The molecule has 0 aliphatic rings. The summed E-state index contributed by atoms with van der Waals surface area (Å²) in [6.45, 7) is 3.75. The summed E-state index contributed by atoms with van der Waals surface area (Å²) in [6.07, 6.45) is 0. The Hall–Kier alpha value is -1.67. The summed E-state index contributed by atoms with van der Waals surface area (Å²) in [5, 5.41) is 6.27. The third-order valence-corrected chi connectivity index (χ3v) is 3.73. The van der Waals surface area contributed by atoms with Crippen molar-refractivity contribution in [1.29, 1.82) is 0 Å². The van der Waals surface area contributed by atoms with E-state index in [-0.39, 0.29) is 4.90 Å². The lowest BCUT2D eigenvalue weighted by atomic mass is 10.3. The summed E-state index contributed by atoms with van der Waals surface area (Å²) in [7, 11) is -3.79. The van der Waals surface area contributed by atoms with Crippen molar-refractivity contribution in [3.05, 3.63) is 24.3 Å². The van der Waals surface area contributed by atoms with Gasteiger partial charge in [-0.15, -0.1) is 0 Å². The highest BCUT2D eigenvalue weighted by molar-refractivity contribution is 7.90. The first-order valence-electron chi connectivity index (χ1n) is 5.53. The molecule has 0 bridgehead atoms. The summed E-state index contributed by atoms with van der Waals surface area (Å²) in [5.41, 5.74) is 0.660. The Labute approximate surface area is 117 Å². The van der Waals surface area contributed by atoms with Crippen molar-refractivity contribution in [2.75, 3.05) is 11.9 Å². The summed E-state index contributed by atoms with van der Waals surface area (Å²) in [5.74, 6) is -0.629. The van der Waals surface area contributed by atoms with Crippen molar-refractivity contribution in [2.24, 2.45) is 0 Å². The SMILES string of the molecule is CCNC(=S)Nc1ccc(S(=O)(=O)NC(C)=O)cc1. The number of anilines is 1. The van der Waals surface area contributed by atoms with Crippen LogP contribution in [0.3, 0.4) is 0 Å². The number of sulfonamides is 1. The molecule has 0 aliphatic heterocycles. The first kappa shape index (κ1) is 15.4. The molecule has 0 radical (unpaired) electrons. The van der Waals surface area contributed by atoms with Crippen LogP contribution in [0.4, 0.5) is 5.69 Å². The Kier molecular flexibility index (Phi) is 5.25. The monoisotopic (exact) mass is 301 g/mol. The van der Waals surface area contributed by atoms with Crippen LogP contribution < -0.4 is 15.4 Å². The highest BCUT2D eigenvalue weighted by Gasteiger charge is 2.14. The second kappa shape index (κ2) is 6.48. The van der Waals surface area contributed by atoms with E-state index in [0.29, 0.717) is 17.3 Å². The number of carbonyl (C=O) groups excluding carboxylic acids is 1. The molecule has 0 aliphatic carbocycles. The molecule has 0 saturated carbocycles. The number of hydrogen-bond acceptors (Lipinski definition) is 4. The van der Waals surface area contributed by atoms with Gasteiger partial charge in [0.25, 0.3) is 10.0 Å². The minimum Gasteiger partial charge on any atom is -0.363 e. The number of rotatable bonds is 4. The van der Waals surface area contributed by atoms with Crippen LogP contribution in [-0.2, 0) is 14.8 Å².